The molecule has 140 valence electrons. The van der Waals surface area contributed by atoms with Gasteiger partial charge in [-0.25, -0.2) is 0 Å². The van der Waals surface area contributed by atoms with Gasteiger partial charge in [0.05, 0.1) is 24.5 Å². The van der Waals surface area contributed by atoms with Gasteiger partial charge in [0.25, 0.3) is 0 Å². The topological polar surface area (TPSA) is 55.8 Å². The molecular weight excluding hydrogens is 340 g/mol. The lowest BCUT2D eigenvalue weighted by atomic mass is 9.63. The van der Waals surface area contributed by atoms with Gasteiger partial charge in [-0.05, 0) is 37.6 Å². The minimum Gasteiger partial charge on any atom is -0.494 e. The second kappa shape index (κ2) is 8.12. The zero-order chi connectivity index (χ0) is 19.3. The Hall–Kier alpha value is -3.01. The van der Waals surface area contributed by atoms with E-state index >= 15 is 0 Å². The highest BCUT2D eigenvalue weighted by Crippen LogP contribution is 2.47. The lowest BCUT2D eigenvalue weighted by Gasteiger charge is -2.38. The fourth-order valence-electron chi connectivity index (χ4n) is 3.70. The van der Waals surface area contributed by atoms with Gasteiger partial charge in [0.15, 0.2) is 0 Å². The maximum absolute atomic E-state index is 12.2. The molecular formula is C23H24O4. The van der Waals surface area contributed by atoms with Crippen molar-refractivity contribution in [2.75, 3.05) is 13.2 Å². The number of benzene rings is 2. The van der Waals surface area contributed by atoms with Crippen molar-refractivity contribution < 1.29 is 19.4 Å². The van der Waals surface area contributed by atoms with Gasteiger partial charge in [-0.2, -0.15) is 0 Å². The molecule has 2 aromatic rings. The minimum atomic E-state index is -0.889. The number of carboxylic acid groups (broad SMARTS) is 1. The monoisotopic (exact) mass is 364 g/mol. The van der Waals surface area contributed by atoms with E-state index < -0.39 is 17.3 Å². The molecule has 0 amide bonds. The summed E-state index contributed by atoms with van der Waals surface area (Å²) in [5.74, 6) is -0.243. The first-order chi connectivity index (χ1) is 13.1. The second-order valence-electron chi connectivity index (χ2n) is 6.32. The van der Waals surface area contributed by atoms with Crippen molar-refractivity contribution in [2.24, 2.45) is 5.92 Å². The van der Waals surface area contributed by atoms with Crippen LogP contribution in [-0.4, -0.2) is 24.3 Å². The minimum absolute atomic E-state index is 0.503. The quantitative estimate of drug-likeness (QED) is 0.780. The highest BCUT2D eigenvalue weighted by Gasteiger charge is 2.45. The summed E-state index contributed by atoms with van der Waals surface area (Å²) >= 11 is 0. The van der Waals surface area contributed by atoms with Crippen LogP contribution in [0.3, 0.4) is 0 Å². The standard InChI is InChI=1S/C23H24O4/c1-3-26-18-11-9-10-17(16-18)23(15-8-7-13-20(23)22(24)25)19-12-5-6-14-21(19)27-4-2/h5-16,20H,3-4H2,1-2H3,(H,24,25). The van der Waals surface area contributed by atoms with Crippen LogP contribution in [0.25, 0.3) is 0 Å². The van der Waals surface area contributed by atoms with Crippen LogP contribution < -0.4 is 9.47 Å². The number of aliphatic carboxylic acids is 1. The maximum atomic E-state index is 12.2. The van der Waals surface area contributed by atoms with Crippen molar-refractivity contribution in [3.05, 3.63) is 84.0 Å². The number of allylic oxidation sites excluding steroid dienone is 3. The number of hydrogen-bond donors (Lipinski definition) is 1. The molecule has 0 heterocycles. The van der Waals surface area contributed by atoms with E-state index in [-0.39, 0.29) is 0 Å². The molecule has 0 fully saturated rings. The molecule has 0 aliphatic heterocycles. The molecule has 0 saturated heterocycles. The zero-order valence-corrected chi connectivity index (χ0v) is 15.6. The van der Waals surface area contributed by atoms with Gasteiger partial charge in [0, 0.05) is 5.56 Å². The summed E-state index contributed by atoms with van der Waals surface area (Å²) in [6.07, 6.45) is 7.37. The van der Waals surface area contributed by atoms with Gasteiger partial charge < -0.3 is 14.6 Å². The van der Waals surface area contributed by atoms with Gasteiger partial charge >= 0.3 is 5.97 Å². The molecule has 2 atom stereocenters. The number of carboxylic acids is 1. The number of ether oxygens (including phenoxy) is 2. The van der Waals surface area contributed by atoms with Crippen LogP contribution in [-0.2, 0) is 10.2 Å². The third-order valence-electron chi connectivity index (χ3n) is 4.79. The smallest absolute Gasteiger partial charge is 0.311 e. The highest BCUT2D eigenvalue weighted by atomic mass is 16.5. The summed E-state index contributed by atoms with van der Waals surface area (Å²) in [6.45, 7) is 4.90. The Labute approximate surface area is 159 Å². The molecule has 3 rings (SSSR count). The van der Waals surface area contributed by atoms with Crippen molar-refractivity contribution in [3.63, 3.8) is 0 Å². The average Bonchev–Trinajstić information content (AvgIpc) is 2.69. The second-order valence-corrected chi connectivity index (χ2v) is 6.32. The lowest BCUT2D eigenvalue weighted by Crippen LogP contribution is -2.40. The normalized spacial score (nSPS) is 21.0. The first-order valence-corrected chi connectivity index (χ1v) is 9.18. The summed E-state index contributed by atoms with van der Waals surface area (Å²) in [6, 6.07) is 15.3. The highest BCUT2D eigenvalue weighted by molar-refractivity contribution is 5.79. The molecule has 0 saturated carbocycles. The number of carbonyl (C=O) groups is 1. The molecule has 1 aliphatic carbocycles. The van der Waals surface area contributed by atoms with E-state index in [4.69, 9.17) is 9.47 Å². The molecule has 1 aliphatic rings. The average molecular weight is 364 g/mol. The van der Waals surface area contributed by atoms with E-state index in [9.17, 15) is 9.90 Å². The van der Waals surface area contributed by atoms with Crippen molar-refractivity contribution >= 4 is 5.97 Å². The van der Waals surface area contributed by atoms with Gasteiger partial charge in [-0.3, -0.25) is 4.79 Å². The van der Waals surface area contributed by atoms with Crippen LogP contribution in [0.1, 0.15) is 25.0 Å². The molecule has 2 aromatic carbocycles. The van der Waals surface area contributed by atoms with Crippen LogP contribution >= 0.6 is 0 Å². The number of rotatable bonds is 7. The lowest BCUT2D eigenvalue weighted by molar-refractivity contribution is -0.141. The van der Waals surface area contributed by atoms with E-state index in [0.29, 0.717) is 19.0 Å². The number of para-hydroxylation sites is 1. The van der Waals surface area contributed by atoms with E-state index in [0.717, 1.165) is 16.9 Å². The summed E-state index contributed by atoms with van der Waals surface area (Å²) < 4.78 is 11.5. The maximum Gasteiger partial charge on any atom is 0.311 e. The van der Waals surface area contributed by atoms with Crippen LogP contribution in [0, 0.1) is 5.92 Å². The first-order valence-electron chi connectivity index (χ1n) is 9.18. The predicted molar refractivity (Wildman–Crippen MR) is 105 cm³/mol. The molecule has 2 unspecified atom stereocenters. The Balaban J connectivity index is 2.29. The Morgan fingerprint density at radius 1 is 1.04 bits per heavy atom. The Kier molecular flexibility index (Phi) is 5.65. The molecule has 27 heavy (non-hydrogen) atoms. The summed E-state index contributed by atoms with van der Waals surface area (Å²) in [4.78, 5) is 12.2. The van der Waals surface area contributed by atoms with Gasteiger partial charge in [0.2, 0.25) is 0 Å². The Bertz CT molecular complexity index is 868. The molecule has 0 aromatic heterocycles. The van der Waals surface area contributed by atoms with Crippen LogP contribution in [0.15, 0.2) is 72.8 Å². The number of hydrogen-bond acceptors (Lipinski definition) is 3. The fourth-order valence-corrected chi connectivity index (χ4v) is 3.70. The van der Waals surface area contributed by atoms with Crippen molar-refractivity contribution in [2.45, 2.75) is 19.3 Å². The Morgan fingerprint density at radius 3 is 2.56 bits per heavy atom. The largest absolute Gasteiger partial charge is 0.494 e. The van der Waals surface area contributed by atoms with Gasteiger partial charge in [-0.15, -0.1) is 0 Å². The third-order valence-corrected chi connectivity index (χ3v) is 4.79. The van der Waals surface area contributed by atoms with Gasteiger partial charge in [0.1, 0.15) is 11.5 Å². The third kappa shape index (κ3) is 3.47. The molecule has 4 heteroatoms. The SMILES string of the molecule is CCOc1cccc(C2(c3ccccc3OCC)C=CC=CC2C(=O)O)c1. The molecule has 0 bridgehead atoms. The predicted octanol–water partition coefficient (Wildman–Crippen LogP) is 4.60. The van der Waals surface area contributed by atoms with Crippen molar-refractivity contribution in [1.82, 2.24) is 0 Å². The van der Waals surface area contributed by atoms with E-state index in [1.807, 2.05) is 74.5 Å². The van der Waals surface area contributed by atoms with Crippen molar-refractivity contribution in [3.8, 4) is 11.5 Å². The summed E-state index contributed by atoms with van der Waals surface area (Å²) in [7, 11) is 0. The molecule has 0 radical (unpaired) electrons. The zero-order valence-electron chi connectivity index (χ0n) is 15.6. The summed E-state index contributed by atoms with van der Waals surface area (Å²) in [5.41, 5.74) is 0.793. The Morgan fingerprint density at radius 2 is 1.81 bits per heavy atom. The van der Waals surface area contributed by atoms with Gasteiger partial charge in [-0.1, -0.05) is 54.6 Å². The van der Waals surface area contributed by atoms with E-state index in [2.05, 4.69) is 0 Å². The van der Waals surface area contributed by atoms with Crippen LogP contribution in [0.2, 0.25) is 0 Å². The van der Waals surface area contributed by atoms with E-state index in [1.165, 1.54) is 0 Å². The van der Waals surface area contributed by atoms with Crippen LogP contribution in [0.5, 0.6) is 11.5 Å². The van der Waals surface area contributed by atoms with E-state index in [1.54, 1.807) is 12.2 Å². The fraction of sp³-hybridized carbons (Fsp3) is 0.261. The summed E-state index contributed by atoms with van der Waals surface area (Å²) in [5, 5.41) is 10.0. The molecule has 4 nitrogen and oxygen atoms in total. The molecule has 1 N–H and O–H groups in total. The van der Waals surface area contributed by atoms with Crippen LogP contribution in [0.4, 0.5) is 0 Å². The van der Waals surface area contributed by atoms with Crippen molar-refractivity contribution in [1.29, 1.82) is 0 Å². The first kappa shape index (κ1) is 18.8. The molecule has 0 spiro atoms.